The van der Waals surface area contributed by atoms with Crippen LogP contribution in [0.25, 0.3) is 10.8 Å². The van der Waals surface area contributed by atoms with Crippen LogP contribution in [0.4, 0.5) is 5.69 Å². The fourth-order valence-corrected chi connectivity index (χ4v) is 4.71. The molecule has 31 heavy (non-hydrogen) atoms. The predicted molar refractivity (Wildman–Crippen MR) is 124 cm³/mol. The molecule has 6 heteroatoms. The van der Waals surface area contributed by atoms with Crippen molar-refractivity contribution in [2.75, 3.05) is 11.1 Å². The average molecular weight is 428 g/mol. The van der Waals surface area contributed by atoms with Crippen LogP contribution < -0.4 is 10.6 Å². The Bertz CT molecular complexity index is 1240. The number of anilines is 1. The van der Waals surface area contributed by atoms with Gasteiger partial charge in [-0.05, 0) is 29.5 Å². The van der Waals surface area contributed by atoms with Crippen LogP contribution >= 0.6 is 11.8 Å². The molecule has 2 N–H and O–H groups in total. The van der Waals surface area contributed by atoms with Crippen LogP contribution in [0.15, 0.2) is 77.3 Å². The predicted octanol–water partition coefficient (Wildman–Crippen LogP) is 4.86. The van der Waals surface area contributed by atoms with Crippen molar-refractivity contribution in [3.63, 3.8) is 0 Å². The summed E-state index contributed by atoms with van der Waals surface area (Å²) < 4.78 is 0. The Morgan fingerprint density at radius 2 is 1.87 bits per heavy atom. The van der Waals surface area contributed by atoms with E-state index < -0.39 is 0 Å². The maximum atomic E-state index is 12.6. The first-order valence-electron chi connectivity index (χ1n) is 9.97. The number of aryl methyl sites for hydroxylation is 1. The number of hydrogen-bond acceptors (Lipinski definition) is 4. The molecular weight excluding hydrogens is 406 g/mol. The van der Waals surface area contributed by atoms with E-state index in [-0.39, 0.29) is 29.9 Å². The van der Waals surface area contributed by atoms with Gasteiger partial charge in [-0.15, -0.1) is 0 Å². The van der Waals surface area contributed by atoms with E-state index in [1.54, 1.807) is 0 Å². The first-order valence-corrected chi connectivity index (χ1v) is 11.0. The van der Waals surface area contributed by atoms with Crippen LogP contribution in [-0.4, -0.2) is 17.6 Å². The fourth-order valence-electron chi connectivity index (χ4n) is 3.83. The highest BCUT2D eigenvalue weighted by Gasteiger charge is 2.30. The van der Waals surface area contributed by atoms with E-state index >= 15 is 0 Å². The molecule has 0 spiro atoms. The number of amides is 2. The monoisotopic (exact) mass is 427 g/mol. The molecule has 0 saturated heterocycles. The molecule has 4 rings (SSSR count). The summed E-state index contributed by atoms with van der Waals surface area (Å²) in [6.07, 6.45) is 0.222. The third-order valence-corrected chi connectivity index (χ3v) is 6.35. The molecule has 0 radical (unpaired) electrons. The quantitative estimate of drug-likeness (QED) is 0.609. The number of nitrogens with zero attached hydrogens (tertiary/aromatic N) is 1. The third-order valence-electron chi connectivity index (χ3n) is 5.33. The van der Waals surface area contributed by atoms with Crippen LogP contribution in [-0.2, 0) is 9.59 Å². The Balaban J connectivity index is 1.53. The van der Waals surface area contributed by atoms with Crippen LogP contribution in [0.5, 0.6) is 0 Å². The Morgan fingerprint density at radius 3 is 2.68 bits per heavy atom. The van der Waals surface area contributed by atoms with E-state index in [4.69, 9.17) is 0 Å². The lowest BCUT2D eigenvalue weighted by atomic mass is 9.85. The molecular formula is C25H21N3O2S. The van der Waals surface area contributed by atoms with Gasteiger partial charge in [0, 0.05) is 23.4 Å². The zero-order chi connectivity index (χ0) is 21.8. The summed E-state index contributed by atoms with van der Waals surface area (Å²) in [5, 5.41) is 18.0. The highest BCUT2D eigenvalue weighted by Crippen LogP contribution is 2.37. The van der Waals surface area contributed by atoms with Crippen molar-refractivity contribution in [2.24, 2.45) is 0 Å². The summed E-state index contributed by atoms with van der Waals surface area (Å²) in [7, 11) is 0. The minimum atomic E-state index is -0.302. The smallest absolute Gasteiger partial charge is 0.234 e. The molecule has 1 heterocycles. The summed E-state index contributed by atoms with van der Waals surface area (Å²) in [5.41, 5.74) is 3.24. The molecule has 5 nitrogen and oxygen atoms in total. The van der Waals surface area contributed by atoms with Gasteiger partial charge >= 0.3 is 0 Å². The summed E-state index contributed by atoms with van der Waals surface area (Å²) in [6, 6.07) is 23.6. The highest BCUT2D eigenvalue weighted by molar-refractivity contribution is 8.03. The second-order valence-electron chi connectivity index (χ2n) is 7.38. The van der Waals surface area contributed by atoms with E-state index in [0.717, 1.165) is 27.6 Å². The summed E-state index contributed by atoms with van der Waals surface area (Å²) >= 11 is 1.18. The van der Waals surface area contributed by atoms with Crippen molar-refractivity contribution in [2.45, 2.75) is 19.3 Å². The molecule has 0 bridgehead atoms. The number of allylic oxidation sites excluding steroid dienone is 1. The van der Waals surface area contributed by atoms with Gasteiger partial charge in [-0.25, -0.2) is 0 Å². The largest absolute Gasteiger partial charge is 0.325 e. The molecule has 3 aromatic rings. The SMILES string of the molecule is Cc1ccccc1[C@H]1CC(=O)NC(SCC(=O)Nc2cccc3ccccc23)=C1C#N. The summed E-state index contributed by atoms with van der Waals surface area (Å²) in [6.45, 7) is 1.97. The molecule has 0 unspecified atom stereocenters. The van der Waals surface area contributed by atoms with Crippen molar-refractivity contribution >= 4 is 40.0 Å². The lowest BCUT2D eigenvalue weighted by molar-refractivity contribution is -0.121. The standard InChI is InChI=1S/C25H21N3O2S/c1-16-7-2-4-10-18(16)20-13-23(29)28-25(21(20)14-26)31-15-24(30)27-22-12-6-9-17-8-3-5-11-19(17)22/h2-12,20H,13,15H2,1H3,(H,27,30)(H,28,29)/t20-/m1/s1. The first kappa shape index (κ1) is 20.7. The molecule has 0 fully saturated rings. The van der Waals surface area contributed by atoms with Gasteiger partial charge in [-0.2, -0.15) is 5.26 Å². The normalized spacial score (nSPS) is 16.0. The number of nitrogens with one attached hydrogen (secondary N) is 2. The van der Waals surface area contributed by atoms with Gasteiger partial charge < -0.3 is 10.6 Å². The van der Waals surface area contributed by atoms with Gasteiger partial charge in [0.05, 0.1) is 22.4 Å². The molecule has 0 aromatic heterocycles. The van der Waals surface area contributed by atoms with Crippen molar-refractivity contribution in [3.05, 3.63) is 88.5 Å². The average Bonchev–Trinajstić information content (AvgIpc) is 2.78. The van der Waals surface area contributed by atoms with Crippen LogP contribution in [0.2, 0.25) is 0 Å². The van der Waals surface area contributed by atoms with E-state index in [1.807, 2.05) is 73.7 Å². The van der Waals surface area contributed by atoms with Crippen molar-refractivity contribution < 1.29 is 9.59 Å². The zero-order valence-electron chi connectivity index (χ0n) is 17.0. The maximum Gasteiger partial charge on any atom is 0.234 e. The van der Waals surface area contributed by atoms with Gasteiger partial charge in [0.25, 0.3) is 0 Å². The lowest BCUT2D eigenvalue weighted by Crippen LogP contribution is -2.31. The molecule has 1 atom stereocenters. The van der Waals surface area contributed by atoms with Gasteiger partial charge in [0.15, 0.2) is 0 Å². The van der Waals surface area contributed by atoms with E-state index in [1.165, 1.54) is 11.8 Å². The third kappa shape index (κ3) is 4.47. The fraction of sp³-hybridized carbons (Fsp3) is 0.160. The number of nitriles is 1. The topological polar surface area (TPSA) is 82.0 Å². The second-order valence-corrected chi connectivity index (χ2v) is 8.37. The molecule has 154 valence electrons. The summed E-state index contributed by atoms with van der Waals surface area (Å²) in [4.78, 5) is 25.0. The maximum absolute atomic E-state index is 12.6. The molecule has 2 amide bonds. The molecule has 0 saturated carbocycles. The lowest BCUT2D eigenvalue weighted by Gasteiger charge is -2.26. The minimum Gasteiger partial charge on any atom is -0.325 e. The summed E-state index contributed by atoms with van der Waals surface area (Å²) in [5.74, 6) is -0.559. The molecule has 0 aliphatic carbocycles. The Kier molecular flexibility index (Phi) is 6.06. The number of benzene rings is 3. The van der Waals surface area contributed by atoms with Gasteiger partial charge in [-0.1, -0.05) is 72.4 Å². The molecule has 3 aromatic carbocycles. The van der Waals surface area contributed by atoms with Crippen LogP contribution in [0, 0.1) is 18.3 Å². The number of hydrogen-bond donors (Lipinski definition) is 2. The number of rotatable bonds is 5. The molecule has 1 aliphatic heterocycles. The van der Waals surface area contributed by atoms with Crippen LogP contribution in [0.1, 0.15) is 23.5 Å². The van der Waals surface area contributed by atoms with E-state index in [9.17, 15) is 14.9 Å². The number of carbonyl (C=O) groups excluding carboxylic acids is 2. The Labute approximate surface area is 185 Å². The highest BCUT2D eigenvalue weighted by atomic mass is 32.2. The minimum absolute atomic E-state index is 0.0878. The van der Waals surface area contributed by atoms with E-state index in [0.29, 0.717) is 10.6 Å². The van der Waals surface area contributed by atoms with Gasteiger partial charge in [-0.3, -0.25) is 9.59 Å². The Morgan fingerprint density at radius 1 is 1.13 bits per heavy atom. The first-order chi connectivity index (χ1) is 15.1. The van der Waals surface area contributed by atoms with Crippen LogP contribution in [0.3, 0.4) is 0 Å². The Hall–Kier alpha value is -3.56. The van der Waals surface area contributed by atoms with Crippen molar-refractivity contribution in [1.29, 1.82) is 5.26 Å². The number of thioether (sulfide) groups is 1. The van der Waals surface area contributed by atoms with E-state index in [2.05, 4.69) is 16.7 Å². The zero-order valence-corrected chi connectivity index (χ0v) is 17.8. The van der Waals surface area contributed by atoms with Crippen molar-refractivity contribution in [3.8, 4) is 6.07 Å². The molecule has 1 aliphatic rings. The number of carbonyl (C=O) groups is 2. The second kappa shape index (κ2) is 9.07. The van der Waals surface area contributed by atoms with Gasteiger partial charge in [0.2, 0.25) is 11.8 Å². The van der Waals surface area contributed by atoms with Gasteiger partial charge in [0.1, 0.15) is 0 Å². The number of fused-ring (bicyclic) bond motifs is 1. The van der Waals surface area contributed by atoms with Crippen molar-refractivity contribution in [1.82, 2.24) is 5.32 Å².